The molecular weight excluding hydrogens is 194 g/mol. The summed E-state index contributed by atoms with van der Waals surface area (Å²) in [6, 6.07) is 0. The maximum atomic E-state index is 10.00. The third-order valence-corrected chi connectivity index (χ3v) is 1.52. The molecule has 11 heavy (non-hydrogen) atoms. The van der Waals surface area contributed by atoms with Gasteiger partial charge in [-0.2, -0.15) is 9.35 Å². The van der Waals surface area contributed by atoms with Crippen molar-refractivity contribution in [3.63, 3.8) is 0 Å². The Morgan fingerprint density at radius 1 is 1.27 bits per heavy atom. The van der Waals surface area contributed by atoms with Crippen molar-refractivity contribution in [1.29, 1.82) is 0 Å². The van der Waals surface area contributed by atoms with Gasteiger partial charge in [0.1, 0.15) is 0 Å². The van der Waals surface area contributed by atoms with Crippen LogP contribution in [0.3, 0.4) is 0 Å². The fourth-order valence-electron chi connectivity index (χ4n) is 0.723. The summed E-state index contributed by atoms with van der Waals surface area (Å²) >= 11 is 0. The molecule has 0 saturated carbocycles. The number of rotatable bonds is 2. The fourth-order valence-corrected chi connectivity index (χ4v) is 1.07. The highest BCUT2D eigenvalue weighted by atomic mass is 35.5. The minimum atomic E-state index is -2.75. The monoisotopic (exact) mass is 203 g/mol. The van der Waals surface area contributed by atoms with Crippen LogP contribution in [0, 0.1) is 0 Å². The Kier molecular flexibility index (Phi) is 5.79. The Bertz CT molecular complexity index is 159. The number of hydrogen-bond acceptors (Lipinski definition) is 5. The van der Waals surface area contributed by atoms with Crippen molar-refractivity contribution in [2.24, 2.45) is 0 Å². The summed E-state index contributed by atoms with van der Waals surface area (Å²) in [6.45, 7) is 2.10. The van der Waals surface area contributed by atoms with Crippen LogP contribution in [0.15, 0.2) is 0 Å². The van der Waals surface area contributed by atoms with Crippen molar-refractivity contribution in [2.45, 2.75) is 0 Å². The average molecular weight is 204 g/mol. The van der Waals surface area contributed by atoms with Gasteiger partial charge in [0.25, 0.3) is 11.0 Å². The average Bonchev–Trinajstić information content (AvgIpc) is 1.88. The maximum absolute atomic E-state index is 10.00. The quantitative estimate of drug-likeness (QED) is 0.596. The predicted octanol–water partition coefficient (Wildman–Crippen LogP) is -0.802. The van der Waals surface area contributed by atoms with Gasteiger partial charge < -0.3 is 4.74 Å². The molecule has 0 N–H and O–H groups in total. The van der Waals surface area contributed by atoms with Crippen molar-refractivity contribution >= 4 is 23.4 Å². The highest BCUT2D eigenvalue weighted by Crippen LogP contribution is 1.96. The van der Waals surface area contributed by atoms with Crippen LogP contribution in [-0.4, -0.2) is 39.8 Å². The first-order valence-electron chi connectivity index (χ1n) is 2.94. The summed E-state index contributed by atoms with van der Waals surface area (Å²) in [6.07, 6.45) is 0. The van der Waals surface area contributed by atoms with Crippen molar-refractivity contribution in [2.75, 3.05) is 26.3 Å². The van der Waals surface area contributed by atoms with Gasteiger partial charge in [0.2, 0.25) is 0 Å². The molecule has 0 aromatic heterocycles. The molecule has 7 heteroatoms. The standard InChI is InChI=1S/C4H9NO4S.ClH/c6-10(7)9-5-1-3-8-4-2-5;/h10H,1-4H2;1H. The van der Waals surface area contributed by atoms with Gasteiger partial charge in [-0.05, 0) is 0 Å². The van der Waals surface area contributed by atoms with Crippen LogP contribution in [-0.2, 0) is 20.0 Å². The molecule has 1 aliphatic heterocycles. The normalized spacial score (nSPS) is 19.7. The molecule has 0 radical (unpaired) electrons. The zero-order valence-corrected chi connectivity index (χ0v) is 7.48. The third kappa shape index (κ3) is 4.54. The lowest BCUT2D eigenvalue weighted by molar-refractivity contribution is -0.110. The van der Waals surface area contributed by atoms with E-state index in [1.807, 2.05) is 0 Å². The van der Waals surface area contributed by atoms with Gasteiger partial charge in [-0.15, -0.1) is 12.4 Å². The molecule has 1 saturated heterocycles. The molecule has 0 atom stereocenters. The van der Waals surface area contributed by atoms with Gasteiger partial charge in [-0.3, -0.25) is 0 Å². The molecule has 1 heterocycles. The fraction of sp³-hybridized carbons (Fsp3) is 1.00. The zero-order chi connectivity index (χ0) is 7.40. The lowest BCUT2D eigenvalue weighted by Crippen LogP contribution is -2.35. The van der Waals surface area contributed by atoms with Crippen molar-refractivity contribution in [3.8, 4) is 0 Å². The largest absolute Gasteiger partial charge is 0.379 e. The highest BCUT2D eigenvalue weighted by molar-refractivity contribution is 7.67. The van der Waals surface area contributed by atoms with Gasteiger partial charge in [-0.25, -0.2) is 8.42 Å². The summed E-state index contributed by atoms with van der Waals surface area (Å²) in [7, 11) is -2.75. The highest BCUT2D eigenvalue weighted by Gasteiger charge is 2.10. The summed E-state index contributed by atoms with van der Waals surface area (Å²) < 4.78 is 29.4. The molecule has 0 spiro atoms. The van der Waals surface area contributed by atoms with E-state index in [0.29, 0.717) is 26.3 Å². The third-order valence-electron chi connectivity index (χ3n) is 1.15. The molecule has 0 aliphatic carbocycles. The zero-order valence-electron chi connectivity index (χ0n) is 5.76. The second-order valence-electron chi connectivity index (χ2n) is 1.85. The maximum Gasteiger partial charge on any atom is 0.273 e. The number of nitrogens with zero attached hydrogens (tertiary/aromatic N) is 1. The summed E-state index contributed by atoms with van der Waals surface area (Å²) in [5, 5.41) is 1.37. The lowest BCUT2D eigenvalue weighted by atomic mass is 10.5. The van der Waals surface area contributed by atoms with E-state index in [0.717, 1.165) is 0 Å². The van der Waals surface area contributed by atoms with Crippen LogP contribution < -0.4 is 0 Å². The number of hydrogen-bond donors (Lipinski definition) is 1. The van der Waals surface area contributed by atoms with Crippen molar-refractivity contribution in [1.82, 2.24) is 5.06 Å². The summed E-state index contributed by atoms with van der Waals surface area (Å²) in [4.78, 5) is 0. The number of hydroxylamine groups is 2. The topological polar surface area (TPSA) is 55.8 Å². The van der Waals surface area contributed by atoms with Crippen LogP contribution in [0.5, 0.6) is 0 Å². The second-order valence-corrected chi connectivity index (χ2v) is 2.46. The van der Waals surface area contributed by atoms with E-state index < -0.39 is 11.0 Å². The molecule has 0 aromatic carbocycles. The van der Waals surface area contributed by atoms with Gasteiger partial charge in [0, 0.05) is 13.1 Å². The molecule has 1 rings (SSSR count). The molecule has 0 bridgehead atoms. The van der Waals surface area contributed by atoms with E-state index in [2.05, 4.69) is 4.28 Å². The SMILES string of the molecule is Cl.O=[SH](=O)ON1CCOCC1. The molecule has 5 nitrogen and oxygen atoms in total. The molecule has 68 valence electrons. The van der Waals surface area contributed by atoms with Crippen molar-refractivity contribution < 1.29 is 17.4 Å². The van der Waals surface area contributed by atoms with Crippen LogP contribution >= 0.6 is 12.4 Å². The van der Waals surface area contributed by atoms with Crippen LogP contribution in [0.25, 0.3) is 0 Å². The van der Waals surface area contributed by atoms with E-state index in [9.17, 15) is 8.42 Å². The van der Waals surface area contributed by atoms with Gasteiger partial charge in [0.05, 0.1) is 13.2 Å². The Balaban J connectivity index is 0.000001000. The Morgan fingerprint density at radius 2 is 1.82 bits per heavy atom. The Labute approximate surface area is 72.8 Å². The number of halogens is 1. The van der Waals surface area contributed by atoms with Crippen LogP contribution in [0.1, 0.15) is 0 Å². The molecule has 1 aliphatic rings. The smallest absolute Gasteiger partial charge is 0.273 e. The minimum absolute atomic E-state index is 0. The van der Waals surface area contributed by atoms with Crippen LogP contribution in [0.2, 0.25) is 0 Å². The van der Waals surface area contributed by atoms with E-state index in [1.165, 1.54) is 5.06 Å². The first kappa shape index (κ1) is 11.1. The molecule has 0 unspecified atom stereocenters. The Hall–Kier alpha value is 0.120. The number of thiol groups is 1. The molecule has 0 aromatic rings. The van der Waals surface area contributed by atoms with Gasteiger partial charge in [0.15, 0.2) is 0 Å². The predicted molar refractivity (Wildman–Crippen MR) is 41.0 cm³/mol. The lowest BCUT2D eigenvalue weighted by Gasteiger charge is -2.22. The molecular formula is C4H10ClNO4S. The van der Waals surface area contributed by atoms with Gasteiger partial charge in [-0.1, -0.05) is 0 Å². The minimum Gasteiger partial charge on any atom is -0.379 e. The first-order chi connectivity index (χ1) is 4.79. The summed E-state index contributed by atoms with van der Waals surface area (Å²) in [5.74, 6) is 0. The van der Waals surface area contributed by atoms with E-state index >= 15 is 0 Å². The Morgan fingerprint density at radius 3 is 2.27 bits per heavy atom. The van der Waals surface area contributed by atoms with E-state index in [-0.39, 0.29) is 12.4 Å². The molecule has 1 fully saturated rings. The number of morpholine rings is 1. The van der Waals surface area contributed by atoms with Crippen molar-refractivity contribution in [3.05, 3.63) is 0 Å². The van der Waals surface area contributed by atoms with Gasteiger partial charge >= 0.3 is 0 Å². The second kappa shape index (κ2) is 5.73. The van der Waals surface area contributed by atoms with E-state index in [1.54, 1.807) is 0 Å². The first-order valence-corrected chi connectivity index (χ1v) is 4.04. The van der Waals surface area contributed by atoms with E-state index in [4.69, 9.17) is 4.74 Å². The summed E-state index contributed by atoms with van der Waals surface area (Å²) in [5.41, 5.74) is 0. The number of ether oxygens (including phenoxy) is 1. The van der Waals surface area contributed by atoms with Crippen LogP contribution in [0.4, 0.5) is 0 Å². The molecule has 0 amide bonds.